The van der Waals surface area contributed by atoms with E-state index < -0.39 is 0 Å². The predicted octanol–water partition coefficient (Wildman–Crippen LogP) is 3.23. The third-order valence-corrected chi connectivity index (χ3v) is 7.12. The fourth-order valence-corrected chi connectivity index (χ4v) is 5.28. The summed E-state index contributed by atoms with van der Waals surface area (Å²) in [7, 11) is 0. The Morgan fingerprint density at radius 3 is 2.81 bits per heavy atom. The number of nitrogens with zero attached hydrogens (tertiary/aromatic N) is 4. The normalized spacial score (nSPS) is 30.5. The number of aromatic nitrogens is 3. The first-order chi connectivity index (χ1) is 13.2. The van der Waals surface area contributed by atoms with E-state index >= 15 is 0 Å². The smallest absolute Gasteiger partial charge is 0.219 e. The Balaban J connectivity index is 1.37. The number of carbonyl (C=O) groups excluding carboxylic acids is 1. The van der Waals surface area contributed by atoms with Crippen molar-refractivity contribution in [2.24, 2.45) is 17.8 Å². The Morgan fingerprint density at radius 1 is 1.30 bits per heavy atom. The molecule has 0 bridgehead atoms. The topological polar surface area (TPSA) is 60.2 Å². The monoisotopic (exact) mass is 386 g/mol. The molecule has 0 radical (unpaired) electrons. The lowest BCUT2D eigenvalue weighted by atomic mass is 9.77. The van der Waals surface area contributed by atoms with Crippen LogP contribution >= 0.6 is 11.3 Å². The summed E-state index contributed by atoms with van der Waals surface area (Å²) in [5, 5.41) is 13.0. The molecule has 1 amide bonds. The second kappa shape index (κ2) is 7.02. The van der Waals surface area contributed by atoms with Crippen LogP contribution in [0.1, 0.15) is 38.6 Å². The lowest BCUT2D eigenvalue weighted by molar-refractivity contribution is -0.128. The highest BCUT2D eigenvalue weighted by Gasteiger charge is 2.44. The van der Waals surface area contributed by atoms with Crippen LogP contribution in [0.2, 0.25) is 0 Å². The SMILES string of the molecule is CC(=O)N1C[C@H]2C[C@@H](n3cc(-c4ccsc4)nn3)[C@H](OCC3CC3)C[C@H]2C1. The molecule has 0 spiro atoms. The minimum absolute atomic E-state index is 0.163. The highest BCUT2D eigenvalue weighted by molar-refractivity contribution is 7.08. The van der Waals surface area contributed by atoms with E-state index in [4.69, 9.17) is 4.74 Å². The molecular weight excluding hydrogens is 360 g/mol. The van der Waals surface area contributed by atoms with Crippen LogP contribution in [0.4, 0.5) is 0 Å². The fourth-order valence-electron chi connectivity index (χ4n) is 4.63. The van der Waals surface area contributed by atoms with Gasteiger partial charge in [0, 0.05) is 37.6 Å². The van der Waals surface area contributed by atoms with Crippen LogP contribution in [-0.2, 0) is 9.53 Å². The zero-order chi connectivity index (χ0) is 18.4. The molecule has 7 heteroatoms. The molecule has 0 aromatic carbocycles. The number of carbonyl (C=O) groups is 1. The fraction of sp³-hybridized carbons (Fsp3) is 0.650. The number of likely N-dealkylation sites (tertiary alicyclic amines) is 1. The molecule has 2 aromatic heterocycles. The zero-order valence-electron chi connectivity index (χ0n) is 15.7. The number of hydrogen-bond acceptors (Lipinski definition) is 5. The second-order valence-corrected chi connectivity index (χ2v) is 9.17. The van der Waals surface area contributed by atoms with Gasteiger partial charge in [-0.2, -0.15) is 11.3 Å². The van der Waals surface area contributed by atoms with Gasteiger partial charge in [-0.3, -0.25) is 4.79 Å². The van der Waals surface area contributed by atoms with Gasteiger partial charge in [0.25, 0.3) is 0 Å². The van der Waals surface area contributed by atoms with Crippen LogP contribution in [-0.4, -0.2) is 51.6 Å². The maximum atomic E-state index is 11.8. The van der Waals surface area contributed by atoms with Crippen LogP contribution < -0.4 is 0 Å². The molecule has 3 aliphatic rings. The summed E-state index contributed by atoms with van der Waals surface area (Å²) < 4.78 is 8.41. The second-order valence-electron chi connectivity index (χ2n) is 8.39. The van der Waals surface area contributed by atoms with Gasteiger partial charge in [-0.05, 0) is 54.9 Å². The van der Waals surface area contributed by atoms with Gasteiger partial charge >= 0.3 is 0 Å². The van der Waals surface area contributed by atoms with Crippen molar-refractivity contribution in [3.63, 3.8) is 0 Å². The van der Waals surface area contributed by atoms with Crippen LogP contribution in [0.15, 0.2) is 23.0 Å². The third-order valence-electron chi connectivity index (χ3n) is 6.44. The number of thiophene rings is 1. The van der Waals surface area contributed by atoms with E-state index in [0.717, 1.165) is 49.7 Å². The highest BCUT2D eigenvalue weighted by atomic mass is 32.1. The van der Waals surface area contributed by atoms with Crippen molar-refractivity contribution in [2.45, 2.75) is 44.8 Å². The van der Waals surface area contributed by atoms with Gasteiger partial charge in [0.05, 0.1) is 18.3 Å². The molecule has 2 aromatic rings. The minimum atomic E-state index is 0.163. The molecule has 1 saturated heterocycles. The quantitative estimate of drug-likeness (QED) is 0.792. The lowest BCUT2D eigenvalue weighted by Gasteiger charge is -2.37. The number of rotatable bonds is 5. The van der Waals surface area contributed by atoms with Crippen molar-refractivity contribution < 1.29 is 9.53 Å². The Kier molecular flexibility index (Phi) is 4.52. The molecule has 0 unspecified atom stereocenters. The van der Waals surface area contributed by atoms with E-state index in [-0.39, 0.29) is 18.1 Å². The molecule has 3 heterocycles. The number of fused-ring (bicyclic) bond motifs is 1. The molecule has 2 aliphatic carbocycles. The average Bonchev–Trinajstić information content (AvgIpc) is 3.10. The molecular formula is C20H26N4O2S. The molecule has 27 heavy (non-hydrogen) atoms. The maximum absolute atomic E-state index is 11.8. The van der Waals surface area contributed by atoms with Gasteiger partial charge in [0.2, 0.25) is 5.91 Å². The Hall–Kier alpha value is -1.73. The van der Waals surface area contributed by atoms with Crippen molar-refractivity contribution in [1.82, 2.24) is 19.9 Å². The van der Waals surface area contributed by atoms with Gasteiger partial charge in [0.1, 0.15) is 5.69 Å². The average molecular weight is 387 g/mol. The first kappa shape index (κ1) is 17.4. The van der Waals surface area contributed by atoms with Crippen LogP contribution in [0.5, 0.6) is 0 Å². The van der Waals surface area contributed by atoms with Gasteiger partial charge < -0.3 is 9.64 Å². The van der Waals surface area contributed by atoms with Crippen molar-refractivity contribution in [3.8, 4) is 11.3 Å². The predicted molar refractivity (Wildman–Crippen MR) is 103 cm³/mol. The Bertz CT molecular complexity index is 801. The van der Waals surface area contributed by atoms with E-state index in [0.29, 0.717) is 11.8 Å². The molecule has 1 aliphatic heterocycles. The molecule has 6 nitrogen and oxygen atoms in total. The van der Waals surface area contributed by atoms with E-state index in [2.05, 4.69) is 33.3 Å². The van der Waals surface area contributed by atoms with Crippen molar-refractivity contribution in [3.05, 3.63) is 23.0 Å². The van der Waals surface area contributed by atoms with Crippen LogP contribution in [0, 0.1) is 17.8 Å². The molecule has 4 atom stereocenters. The van der Waals surface area contributed by atoms with Gasteiger partial charge in [-0.25, -0.2) is 4.68 Å². The summed E-state index contributed by atoms with van der Waals surface area (Å²) in [5.41, 5.74) is 2.05. The van der Waals surface area contributed by atoms with Crippen LogP contribution in [0.25, 0.3) is 11.3 Å². The highest BCUT2D eigenvalue weighted by Crippen LogP contribution is 2.43. The van der Waals surface area contributed by atoms with Crippen molar-refractivity contribution in [1.29, 1.82) is 0 Å². The molecule has 0 N–H and O–H groups in total. The van der Waals surface area contributed by atoms with Crippen LogP contribution in [0.3, 0.4) is 0 Å². The standard InChI is InChI=1S/C20H26N4O2S/c1-13(25)23-8-16-6-19(20(7-17(16)9-23)26-11-14-2-3-14)24-10-18(21-22-24)15-4-5-27-12-15/h4-5,10,12,14,16-17,19-20H,2-3,6-9,11H2,1H3/t16-,17+,19-,20-/m1/s1. The van der Waals surface area contributed by atoms with Gasteiger partial charge in [-0.1, -0.05) is 5.21 Å². The summed E-state index contributed by atoms with van der Waals surface area (Å²) in [6.45, 7) is 4.30. The van der Waals surface area contributed by atoms with E-state index in [9.17, 15) is 4.79 Å². The first-order valence-electron chi connectivity index (χ1n) is 9.99. The summed E-state index contributed by atoms with van der Waals surface area (Å²) in [6, 6.07) is 2.29. The summed E-state index contributed by atoms with van der Waals surface area (Å²) in [5.74, 6) is 2.03. The van der Waals surface area contributed by atoms with E-state index in [1.54, 1.807) is 18.3 Å². The zero-order valence-corrected chi connectivity index (χ0v) is 16.5. The maximum Gasteiger partial charge on any atom is 0.219 e. The first-order valence-corrected chi connectivity index (χ1v) is 10.9. The lowest BCUT2D eigenvalue weighted by Crippen LogP contribution is -2.38. The van der Waals surface area contributed by atoms with Crippen molar-refractivity contribution >= 4 is 17.2 Å². The number of hydrogen-bond donors (Lipinski definition) is 0. The number of ether oxygens (including phenoxy) is 1. The third kappa shape index (κ3) is 3.55. The van der Waals surface area contributed by atoms with Gasteiger partial charge in [0.15, 0.2) is 0 Å². The summed E-state index contributed by atoms with van der Waals surface area (Å²) in [4.78, 5) is 13.9. The van der Waals surface area contributed by atoms with E-state index in [1.165, 1.54) is 12.8 Å². The van der Waals surface area contributed by atoms with Crippen molar-refractivity contribution in [2.75, 3.05) is 19.7 Å². The molecule has 2 saturated carbocycles. The Labute approximate surface area is 163 Å². The minimum Gasteiger partial charge on any atom is -0.376 e. The molecule has 5 rings (SSSR count). The summed E-state index contributed by atoms with van der Waals surface area (Å²) >= 11 is 1.67. The Morgan fingerprint density at radius 2 is 2.11 bits per heavy atom. The largest absolute Gasteiger partial charge is 0.376 e. The molecule has 144 valence electrons. The number of amides is 1. The molecule has 3 fully saturated rings. The summed E-state index contributed by atoms with van der Waals surface area (Å²) in [6.07, 6.45) is 6.85. The van der Waals surface area contributed by atoms with E-state index in [1.807, 2.05) is 9.58 Å². The van der Waals surface area contributed by atoms with Gasteiger partial charge in [-0.15, -0.1) is 5.10 Å².